The summed E-state index contributed by atoms with van der Waals surface area (Å²) in [6.07, 6.45) is 0. The smallest absolute Gasteiger partial charge is 0.252 e. The van der Waals surface area contributed by atoms with Crippen molar-refractivity contribution in [3.05, 3.63) is 29.8 Å². The molecule has 9 heteroatoms. The number of rotatable bonds is 8. The number of carbonyl (C=O) groups is 2. The van der Waals surface area contributed by atoms with Gasteiger partial charge in [0.1, 0.15) is 12.4 Å². The van der Waals surface area contributed by atoms with E-state index in [1.807, 2.05) is 0 Å². The number of carbonyl (C=O) groups excluding carboxylic acids is 2. The second kappa shape index (κ2) is 8.61. The maximum Gasteiger partial charge on any atom is 0.252 e. The zero-order valence-corrected chi connectivity index (χ0v) is 14.2. The third-order valence-electron chi connectivity index (χ3n) is 2.65. The Kier molecular flexibility index (Phi) is 6.51. The molecule has 1 aromatic heterocycles. The van der Waals surface area contributed by atoms with E-state index >= 15 is 0 Å². The van der Waals surface area contributed by atoms with E-state index in [9.17, 15) is 9.59 Å². The highest BCUT2D eigenvalue weighted by Crippen LogP contribution is 2.26. The lowest BCUT2D eigenvalue weighted by Crippen LogP contribution is -2.16. The van der Waals surface area contributed by atoms with Crippen molar-refractivity contribution >= 4 is 39.9 Å². The molecule has 0 spiro atoms. The molecule has 0 radical (unpaired) electrons. The van der Waals surface area contributed by atoms with Gasteiger partial charge in [-0.3, -0.25) is 14.9 Å². The van der Waals surface area contributed by atoms with Crippen molar-refractivity contribution in [1.29, 1.82) is 0 Å². The van der Waals surface area contributed by atoms with Crippen LogP contribution in [0.15, 0.2) is 28.6 Å². The average molecular weight is 353 g/mol. The van der Waals surface area contributed by atoms with Crippen LogP contribution in [0.3, 0.4) is 0 Å². The van der Waals surface area contributed by atoms with Gasteiger partial charge >= 0.3 is 0 Å². The number of hydrogen-bond acceptors (Lipinski definition) is 8. The molecular formula is C14H15N3O4S2. The summed E-state index contributed by atoms with van der Waals surface area (Å²) in [6.45, 7) is -0.0453. The van der Waals surface area contributed by atoms with Crippen LogP contribution in [-0.2, 0) is 9.53 Å². The maximum atomic E-state index is 12.1. The van der Waals surface area contributed by atoms with E-state index in [-0.39, 0.29) is 24.1 Å². The van der Waals surface area contributed by atoms with Gasteiger partial charge in [-0.1, -0.05) is 35.2 Å². The third kappa shape index (κ3) is 5.31. The van der Waals surface area contributed by atoms with E-state index in [0.29, 0.717) is 20.8 Å². The first kappa shape index (κ1) is 17.4. The van der Waals surface area contributed by atoms with E-state index < -0.39 is 0 Å². The molecule has 0 saturated carbocycles. The first-order chi connectivity index (χ1) is 11.1. The minimum Gasteiger partial charge on any atom is -0.497 e. The SMILES string of the molecule is COCC(=O)Nc1nnc(SCC(=O)c2cccc(OC)c2)s1. The molecule has 2 rings (SSSR count). The molecule has 7 nitrogen and oxygen atoms in total. The Hall–Kier alpha value is -1.97. The molecule has 1 N–H and O–H groups in total. The van der Waals surface area contributed by atoms with E-state index in [1.54, 1.807) is 31.4 Å². The molecule has 1 heterocycles. The van der Waals surface area contributed by atoms with Gasteiger partial charge in [-0.15, -0.1) is 10.2 Å². The summed E-state index contributed by atoms with van der Waals surface area (Å²) in [4.78, 5) is 23.5. The van der Waals surface area contributed by atoms with Crippen LogP contribution in [0.25, 0.3) is 0 Å². The Morgan fingerprint density at radius 2 is 2.13 bits per heavy atom. The Labute approximate surface area is 141 Å². The zero-order valence-electron chi connectivity index (χ0n) is 12.6. The lowest BCUT2D eigenvalue weighted by atomic mass is 10.1. The van der Waals surface area contributed by atoms with Crippen LogP contribution in [-0.4, -0.2) is 48.5 Å². The highest BCUT2D eigenvalue weighted by atomic mass is 32.2. The highest BCUT2D eigenvalue weighted by Gasteiger charge is 2.12. The average Bonchev–Trinajstić information content (AvgIpc) is 3.00. The number of hydrogen-bond donors (Lipinski definition) is 1. The van der Waals surface area contributed by atoms with Crippen molar-refractivity contribution in [2.45, 2.75) is 4.34 Å². The van der Waals surface area contributed by atoms with Crippen LogP contribution in [0.1, 0.15) is 10.4 Å². The Bertz CT molecular complexity index is 690. The first-order valence-electron chi connectivity index (χ1n) is 6.54. The Morgan fingerprint density at radius 3 is 2.87 bits per heavy atom. The van der Waals surface area contributed by atoms with Gasteiger partial charge in [0.05, 0.1) is 12.9 Å². The summed E-state index contributed by atoms with van der Waals surface area (Å²) >= 11 is 2.48. The molecule has 0 atom stereocenters. The van der Waals surface area contributed by atoms with Gasteiger partial charge in [0.2, 0.25) is 5.13 Å². The minimum atomic E-state index is -0.298. The molecule has 0 aliphatic heterocycles. The number of thioether (sulfide) groups is 1. The van der Waals surface area contributed by atoms with Crippen molar-refractivity contribution in [3.63, 3.8) is 0 Å². The van der Waals surface area contributed by atoms with Crippen molar-refractivity contribution in [2.75, 3.05) is 31.9 Å². The van der Waals surface area contributed by atoms with E-state index in [0.717, 1.165) is 0 Å². The molecule has 0 saturated heterocycles. The van der Waals surface area contributed by atoms with Gasteiger partial charge in [0.15, 0.2) is 10.1 Å². The normalized spacial score (nSPS) is 10.3. The number of methoxy groups -OCH3 is 2. The lowest BCUT2D eigenvalue weighted by molar-refractivity contribution is -0.119. The predicted molar refractivity (Wildman–Crippen MR) is 88.5 cm³/mol. The molecule has 1 aromatic carbocycles. The maximum absolute atomic E-state index is 12.1. The quantitative estimate of drug-likeness (QED) is 0.441. The van der Waals surface area contributed by atoms with Crippen LogP contribution in [0, 0.1) is 0 Å². The van der Waals surface area contributed by atoms with Crippen molar-refractivity contribution in [2.24, 2.45) is 0 Å². The molecule has 122 valence electrons. The fourth-order valence-corrected chi connectivity index (χ4v) is 3.27. The molecule has 0 bridgehead atoms. The highest BCUT2D eigenvalue weighted by molar-refractivity contribution is 8.01. The molecule has 1 amide bonds. The van der Waals surface area contributed by atoms with Crippen molar-refractivity contribution in [1.82, 2.24) is 10.2 Å². The molecule has 23 heavy (non-hydrogen) atoms. The van der Waals surface area contributed by atoms with Gasteiger partial charge in [0, 0.05) is 12.7 Å². The summed E-state index contributed by atoms with van der Waals surface area (Å²) in [5, 5.41) is 10.7. The number of Topliss-reactive ketones (excluding diaryl/α,β-unsaturated/α-hetero) is 1. The topological polar surface area (TPSA) is 90.4 Å². The van der Waals surface area contributed by atoms with E-state index in [2.05, 4.69) is 15.5 Å². The predicted octanol–water partition coefficient (Wildman–Crippen LogP) is 2.11. The van der Waals surface area contributed by atoms with Crippen LogP contribution >= 0.6 is 23.1 Å². The van der Waals surface area contributed by atoms with Crippen molar-refractivity contribution in [3.8, 4) is 5.75 Å². The minimum absolute atomic E-state index is 0.0333. The fraction of sp³-hybridized carbons (Fsp3) is 0.286. The molecule has 0 fully saturated rings. The van der Waals surface area contributed by atoms with Gasteiger partial charge in [-0.2, -0.15) is 0 Å². The number of aromatic nitrogens is 2. The summed E-state index contributed by atoms with van der Waals surface area (Å²) < 4.78 is 10.4. The number of anilines is 1. The first-order valence-corrected chi connectivity index (χ1v) is 8.35. The number of ketones is 1. The lowest BCUT2D eigenvalue weighted by Gasteiger charge is -2.02. The number of nitrogens with one attached hydrogen (secondary N) is 1. The standard InChI is InChI=1S/C14H15N3O4S2/c1-20-7-12(19)15-13-16-17-14(23-13)22-8-11(18)9-4-3-5-10(6-9)21-2/h3-6H,7-8H2,1-2H3,(H,15,16,19). The molecule has 0 aliphatic carbocycles. The zero-order chi connectivity index (χ0) is 16.7. The summed E-state index contributed by atoms with van der Waals surface area (Å²) in [5.41, 5.74) is 0.579. The second-order valence-electron chi connectivity index (χ2n) is 4.30. The number of amides is 1. The summed E-state index contributed by atoms with van der Waals surface area (Å²) in [5.74, 6) is 0.537. The molecule has 0 unspecified atom stereocenters. The molecule has 0 aliphatic rings. The van der Waals surface area contributed by atoms with Crippen LogP contribution in [0.4, 0.5) is 5.13 Å². The largest absolute Gasteiger partial charge is 0.497 e. The molecular weight excluding hydrogens is 338 g/mol. The summed E-state index contributed by atoms with van der Waals surface area (Å²) in [7, 11) is 2.99. The van der Waals surface area contributed by atoms with Gasteiger partial charge in [-0.05, 0) is 12.1 Å². The van der Waals surface area contributed by atoms with Gasteiger partial charge in [-0.25, -0.2) is 0 Å². The van der Waals surface area contributed by atoms with Gasteiger partial charge in [0.25, 0.3) is 5.91 Å². The van der Waals surface area contributed by atoms with Crippen LogP contribution in [0.5, 0.6) is 5.75 Å². The fourth-order valence-electron chi connectivity index (χ4n) is 1.61. The van der Waals surface area contributed by atoms with E-state index in [4.69, 9.17) is 9.47 Å². The third-order valence-corrected chi connectivity index (χ3v) is 4.62. The van der Waals surface area contributed by atoms with Crippen LogP contribution < -0.4 is 10.1 Å². The number of ether oxygens (including phenoxy) is 2. The second-order valence-corrected chi connectivity index (χ2v) is 6.50. The Balaban J connectivity index is 1.89. The van der Waals surface area contributed by atoms with E-state index in [1.165, 1.54) is 30.2 Å². The Morgan fingerprint density at radius 1 is 1.30 bits per heavy atom. The van der Waals surface area contributed by atoms with Crippen molar-refractivity contribution < 1.29 is 19.1 Å². The number of nitrogens with zero attached hydrogens (tertiary/aromatic N) is 2. The number of benzene rings is 1. The van der Waals surface area contributed by atoms with Gasteiger partial charge < -0.3 is 9.47 Å². The summed E-state index contributed by atoms with van der Waals surface area (Å²) in [6, 6.07) is 6.98. The van der Waals surface area contributed by atoms with Crippen LogP contribution in [0.2, 0.25) is 0 Å². The molecule has 2 aromatic rings. The monoisotopic (exact) mass is 353 g/mol.